The molecule has 0 radical (unpaired) electrons. The van der Waals surface area contributed by atoms with Gasteiger partial charge in [0.2, 0.25) is 0 Å². The maximum atomic E-state index is 12.4. The molecule has 0 fully saturated rings. The zero-order chi connectivity index (χ0) is 18.5. The van der Waals surface area contributed by atoms with Gasteiger partial charge in [-0.2, -0.15) is 5.10 Å². The van der Waals surface area contributed by atoms with E-state index in [4.69, 9.17) is 0 Å². The summed E-state index contributed by atoms with van der Waals surface area (Å²) in [5.74, 6) is -1.25. The first kappa shape index (κ1) is 17.2. The van der Waals surface area contributed by atoms with Gasteiger partial charge >= 0.3 is 0 Å². The van der Waals surface area contributed by atoms with Crippen LogP contribution < -0.4 is 10.9 Å². The number of benzene rings is 2. The third-order valence-electron chi connectivity index (χ3n) is 3.89. The van der Waals surface area contributed by atoms with Crippen molar-refractivity contribution in [2.75, 3.05) is 0 Å². The lowest BCUT2D eigenvalue weighted by molar-refractivity contribution is 0.0844. The molecule has 1 aromatic heterocycles. The van der Waals surface area contributed by atoms with Crippen LogP contribution in [0.2, 0.25) is 0 Å². The summed E-state index contributed by atoms with van der Waals surface area (Å²) in [6, 6.07) is 15.6. The summed E-state index contributed by atoms with van der Waals surface area (Å²) < 4.78 is 1.69. The number of hydrogen-bond acceptors (Lipinski definition) is 4. The van der Waals surface area contributed by atoms with Crippen molar-refractivity contribution >= 4 is 11.8 Å². The fourth-order valence-corrected chi connectivity index (χ4v) is 2.61. The van der Waals surface area contributed by atoms with Crippen LogP contribution in [0.3, 0.4) is 0 Å². The van der Waals surface area contributed by atoms with Gasteiger partial charge in [0, 0.05) is 0 Å². The molecule has 0 saturated heterocycles. The number of rotatable bonds is 4. The van der Waals surface area contributed by atoms with Gasteiger partial charge < -0.3 is 5.11 Å². The van der Waals surface area contributed by atoms with Crippen LogP contribution in [0.15, 0.2) is 60.8 Å². The van der Waals surface area contributed by atoms with Crippen molar-refractivity contribution in [2.24, 2.45) is 0 Å². The number of hydrazine groups is 1. The van der Waals surface area contributed by atoms with Gasteiger partial charge in [-0.15, -0.1) is 0 Å². The molecule has 2 aromatic carbocycles. The number of carbonyl (C=O) groups is 2. The molecule has 0 aliphatic carbocycles. The Bertz CT molecular complexity index is 935. The average molecular weight is 350 g/mol. The summed E-state index contributed by atoms with van der Waals surface area (Å²) in [6.07, 6.45) is 2.05. The number of phenols is 1. The molecular formula is C19H18N4O3. The van der Waals surface area contributed by atoms with Gasteiger partial charge in [-0.25, -0.2) is 4.68 Å². The van der Waals surface area contributed by atoms with Crippen molar-refractivity contribution in [3.63, 3.8) is 0 Å². The van der Waals surface area contributed by atoms with Crippen molar-refractivity contribution in [1.82, 2.24) is 20.6 Å². The maximum Gasteiger partial charge on any atom is 0.273 e. The number of nitrogens with zero attached hydrogens (tertiary/aromatic N) is 2. The molecule has 0 atom stereocenters. The molecule has 3 N–H and O–H groups in total. The summed E-state index contributed by atoms with van der Waals surface area (Å²) >= 11 is 0. The third kappa shape index (κ3) is 3.41. The number of para-hydroxylation sites is 2. The van der Waals surface area contributed by atoms with Crippen LogP contribution in [0.25, 0.3) is 5.69 Å². The van der Waals surface area contributed by atoms with Crippen molar-refractivity contribution in [3.05, 3.63) is 77.6 Å². The van der Waals surface area contributed by atoms with E-state index in [-0.39, 0.29) is 11.3 Å². The fraction of sp³-hybridized carbons (Fsp3) is 0.105. The Morgan fingerprint density at radius 3 is 2.23 bits per heavy atom. The van der Waals surface area contributed by atoms with Crippen LogP contribution in [0, 0.1) is 0 Å². The molecule has 132 valence electrons. The van der Waals surface area contributed by atoms with E-state index in [1.165, 1.54) is 18.3 Å². The van der Waals surface area contributed by atoms with Crippen LogP contribution in [0.1, 0.15) is 33.3 Å². The normalized spacial score (nSPS) is 10.3. The Morgan fingerprint density at radius 1 is 0.962 bits per heavy atom. The number of hydrogen-bond donors (Lipinski definition) is 3. The fourth-order valence-electron chi connectivity index (χ4n) is 2.61. The highest BCUT2D eigenvalue weighted by Gasteiger charge is 2.18. The van der Waals surface area contributed by atoms with E-state index >= 15 is 0 Å². The minimum Gasteiger partial charge on any atom is -0.507 e. The van der Waals surface area contributed by atoms with E-state index in [1.54, 1.807) is 16.8 Å². The molecule has 0 saturated carbocycles. The molecule has 0 aliphatic heterocycles. The van der Waals surface area contributed by atoms with Gasteiger partial charge in [-0.3, -0.25) is 20.4 Å². The first-order chi connectivity index (χ1) is 12.6. The zero-order valence-electron chi connectivity index (χ0n) is 14.1. The second kappa shape index (κ2) is 7.52. The summed E-state index contributed by atoms with van der Waals surface area (Å²) in [6.45, 7) is 1.92. The Morgan fingerprint density at radius 2 is 1.58 bits per heavy atom. The SMILES string of the molecule is CCc1c(C(=O)NNC(=O)c2ccccc2O)cnn1-c1ccccc1. The molecule has 0 spiro atoms. The average Bonchev–Trinajstić information content (AvgIpc) is 3.11. The first-order valence-electron chi connectivity index (χ1n) is 8.12. The molecule has 7 heteroatoms. The molecule has 1 heterocycles. The highest BCUT2D eigenvalue weighted by atomic mass is 16.3. The second-order valence-corrected chi connectivity index (χ2v) is 5.53. The van der Waals surface area contributed by atoms with E-state index in [1.807, 2.05) is 37.3 Å². The van der Waals surface area contributed by atoms with Crippen molar-refractivity contribution in [2.45, 2.75) is 13.3 Å². The van der Waals surface area contributed by atoms with Crippen LogP contribution in [0.5, 0.6) is 5.75 Å². The van der Waals surface area contributed by atoms with E-state index in [0.717, 1.165) is 11.4 Å². The van der Waals surface area contributed by atoms with Gasteiger partial charge in [-0.05, 0) is 30.7 Å². The predicted molar refractivity (Wildman–Crippen MR) is 96.0 cm³/mol. The Balaban J connectivity index is 1.76. The van der Waals surface area contributed by atoms with Crippen LogP contribution in [-0.2, 0) is 6.42 Å². The van der Waals surface area contributed by atoms with Gasteiger partial charge in [0.1, 0.15) is 5.75 Å². The number of aromatic nitrogens is 2. The second-order valence-electron chi connectivity index (χ2n) is 5.53. The maximum absolute atomic E-state index is 12.4. The van der Waals surface area contributed by atoms with Crippen LogP contribution >= 0.6 is 0 Å². The number of carbonyl (C=O) groups excluding carboxylic acids is 2. The van der Waals surface area contributed by atoms with E-state index in [0.29, 0.717) is 12.0 Å². The smallest absolute Gasteiger partial charge is 0.273 e. The van der Waals surface area contributed by atoms with Crippen molar-refractivity contribution < 1.29 is 14.7 Å². The van der Waals surface area contributed by atoms with Crippen LogP contribution in [-0.4, -0.2) is 26.7 Å². The molecular weight excluding hydrogens is 332 g/mol. The van der Waals surface area contributed by atoms with Gasteiger partial charge in [-0.1, -0.05) is 37.3 Å². The van der Waals surface area contributed by atoms with Gasteiger partial charge in [0.15, 0.2) is 0 Å². The lowest BCUT2D eigenvalue weighted by atomic mass is 10.2. The number of nitrogens with one attached hydrogen (secondary N) is 2. The van der Waals surface area contributed by atoms with Gasteiger partial charge in [0.05, 0.1) is 28.7 Å². The summed E-state index contributed by atoms with van der Waals surface area (Å²) in [5, 5.41) is 14.0. The summed E-state index contributed by atoms with van der Waals surface area (Å²) in [4.78, 5) is 24.5. The third-order valence-corrected chi connectivity index (χ3v) is 3.89. The highest BCUT2D eigenvalue weighted by molar-refractivity contribution is 6.00. The summed E-state index contributed by atoms with van der Waals surface area (Å²) in [5.41, 5.74) is 6.68. The van der Waals surface area contributed by atoms with Crippen LogP contribution in [0.4, 0.5) is 0 Å². The quantitative estimate of drug-likeness (QED) is 0.629. The lowest BCUT2D eigenvalue weighted by Crippen LogP contribution is -2.41. The first-order valence-corrected chi connectivity index (χ1v) is 8.12. The number of aromatic hydroxyl groups is 1. The largest absolute Gasteiger partial charge is 0.507 e. The summed E-state index contributed by atoms with van der Waals surface area (Å²) in [7, 11) is 0. The molecule has 0 bridgehead atoms. The molecule has 3 aromatic rings. The minimum absolute atomic E-state index is 0.0727. The van der Waals surface area contributed by atoms with Gasteiger partial charge in [0.25, 0.3) is 11.8 Å². The number of amides is 2. The molecule has 3 rings (SSSR count). The highest BCUT2D eigenvalue weighted by Crippen LogP contribution is 2.16. The number of phenolic OH excluding ortho intramolecular Hbond substituents is 1. The molecule has 26 heavy (non-hydrogen) atoms. The standard InChI is InChI=1S/C19H18N4O3/c1-2-16-15(12-20-23(16)13-8-4-3-5-9-13)19(26)22-21-18(25)14-10-6-7-11-17(14)24/h3-12,24H,2H2,1H3,(H,21,25)(H,22,26). The lowest BCUT2D eigenvalue weighted by Gasteiger charge is -2.10. The van der Waals surface area contributed by atoms with E-state index in [9.17, 15) is 14.7 Å². The Kier molecular flexibility index (Phi) is 4.98. The van der Waals surface area contributed by atoms with E-state index < -0.39 is 11.8 Å². The van der Waals surface area contributed by atoms with E-state index in [2.05, 4.69) is 16.0 Å². The Labute approximate surface area is 150 Å². The predicted octanol–water partition coefficient (Wildman–Crippen LogP) is 2.22. The molecule has 0 aliphatic rings. The topological polar surface area (TPSA) is 96.2 Å². The molecule has 2 amide bonds. The van der Waals surface area contributed by atoms with Crippen molar-refractivity contribution in [3.8, 4) is 11.4 Å². The van der Waals surface area contributed by atoms with Crippen molar-refractivity contribution in [1.29, 1.82) is 0 Å². The minimum atomic E-state index is -0.607. The Hall–Kier alpha value is -3.61. The zero-order valence-corrected chi connectivity index (χ0v) is 14.1. The monoisotopic (exact) mass is 350 g/mol. The molecule has 7 nitrogen and oxygen atoms in total. The molecule has 0 unspecified atom stereocenters.